The molecule has 0 aromatic carbocycles. The number of rotatable bonds is 0. The quantitative estimate of drug-likeness (QED) is 0.227. The average molecular weight is 3150 g/mol. The third-order valence-electron chi connectivity index (χ3n) is 0. The van der Waals surface area contributed by atoms with E-state index in [9.17, 15) is 0 Å². The topological polar surface area (TPSA) is 0 Å². The van der Waals surface area contributed by atoms with Gasteiger partial charge in [-0.3, -0.25) is 0 Å². The van der Waals surface area contributed by atoms with Crippen molar-refractivity contribution in [2.45, 2.75) is 260 Å². The monoisotopic (exact) mass is 3150 g/mol. The van der Waals surface area contributed by atoms with E-state index < -0.39 is 0 Å². The van der Waals surface area contributed by atoms with Crippen molar-refractivity contribution >= 4 is 0 Å². The van der Waals surface area contributed by atoms with Gasteiger partial charge in [-0.25, -0.2) is 0 Å². The molecular formula is C35H140No10. The Labute approximate surface area is 259 Å². The van der Waals surface area contributed by atoms with Gasteiger partial charge in [0, 0.05) is 0 Å². The summed E-state index contributed by atoms with van der Waals surface area (Å²) in [6.45, 7) is 0. The second-order valence-corrected chi connectivity index (χ2v) is 0. The molecule has 0 aliphatic heterocycles. The molecular weight excluding hydrogens is 3010 g/mol. The summed E-state index contributed by atoms with van der Waals surface area (Å²) < 4.78 is 0. The molecule has 0 spiro atoms. The first-order valence-electron chi connectivity index (χ1n) is 0. The van der Waals surface area contributed by atoms with Gasteiger partial charge in [0.2, 0.25) is 0 Å². The van der Waals surface area contributed by atoms with Crippen LogP contribution >= 0.6 is 0 Å². The normalized spacial score (nSPS) is 0. The zero-order valence-electron chi connectivity index (χ0n) is 2.67. The van der Waals surface area contributed by atoms with Crippen LogP contribution in [0.1, 0.15) is 260 Å². The van der Waals surface area contributed by atoms with Crippen molar-refractivity contribution < 1.29 is 0 Å². The van der Waals surface area contributed by atoms with Gasteiger partial charge in [0.15, 0.2) is 0 Å². The molecule has 420 valence electrons. The SMILES string of the molecule is C.C.C.C.C.C.C.C.C.C.C.C.C.C.C.C.C.C.C.C.C.C.C.C.C.C.C.C.C.C.C.C.C.C.C.[No].[No].[No].[No].[No].[No].[No].[No].[No].[No]. The molecule has 10 heteroatoms. The first kappa shape index (κ1) is 405. The standard InChI is InChI=1S/35CH4.10No/h35*1H4;;;;;;;;;;. The Morgan fingerprint density at radius 3 is 0.0444 bits per heavy atom. The van der Waals surface area contributed by atoms with E-state index >= 15 is 0 Å². The van der Waals surface area contributed by atoms with Crippen molar-refractivity contribution in [2.24, 2.45) is 0 Å². The fraction of sp³-hybridized carbons (Fsp3) is 1.00. The summed E-state index contributed by atoms with van der Waals surface area (Å²) in [5.74, 6) is 0. The third-order valence-corrected chi connectivity index (χ3v) is 0. The van der Waals surface area contributed by atoms with Gasteiger partial charge in [-0.05, 0) is 0 Å². The van der Waals surface area contributed by atoms with Gasteiger partial charge in [0.05, 0.1) is 0 Å². The predicted octanol–water partition coefficient (Wildman–Crippen LogP) is 22.3. The molecule has 0 amide bonds. The van der Waals surface area contributed by atoms with Gasteiger partial charge >= 0.3 is 0 Å². The second kappa shape index (κ2) is 370. The maximum atomic E-state index is 0. The first-order chi connectivity index (χ1) is 0. The fourth-order valence-electron chi connectivity index (χ4n) is 0. The zero-order valence-corrected chi connectivity index (χ0v) is 24.9. The van der Waals surface area contributed by atoms with Crippen LogP contribution in [0.15, 0.2) is 0 Å². The van der Waals surface area contributed by atoms with Crippen LogP contribution in [-0.2, 0) is 0 Å². The molecule has 0 rings (SSSR count). The molecule has 45 heavy (non-hydrogen) atoms. The van der Waals surface area contributed by atoms with E-state index in [4.69, 9.17) is 0 Å². The maximum absolute atomic E-state index is 0. The van der Waals surface area contributed by atoms with Crippen LogP contribution in [0.5, 0.6) is 0 Å². The molecule has 0 nitrogen and oxygen atoms in total. The van der Waals surface area contributed by atoms with Gasteiger partial charge in [-0.15, -0.1) is 0 Å². The molecule has 0 aromatic heterocycles. The second-order valence-electron chi connectivity index (χ2n) is 0. The van der Waals surface area contributed by atoms with Crippen LogP contribution in [0, 0.1) is 0 Å². The third kappa shape index (κ3) is 348. The van der Waals surface area contributed by atoms with Crippen molar-refractivity contribution in [3.8, 4) is 0 Å². The van der Waals surface area contributed by atoms with Crippen LogP contribution < -0.4 is 0 Å². The van der Waals surface area contributed by atoms with Crippen LogP contribution in [0.4, 0.5) is 0 Å². The van der Waals surface area contributed by atoms with Gasteiger partial charge in [-0.2, -0.15) is 0 Å². The average Bonchev–Trinajstić information content (AvgIpc) is 0. The molecule has 0 aromatic rings. The fourth-order valence-corrected chi connectivity index (χ4v) is 0. The Bertz CT molecular complexity index is 34.4. The first-order valence-corrected chi connectivity index (χ1v) is 0. The summed E-state index contributed by atoms with van der Waals surface area (Å²) in [6.07, 6.45) is 0. The summed E-state index contributed by atoms with van der Waals surface area (Å²) in [5, 5.41) is 0. The Morgan fingerprint density at radius 1 is 0.0444 bits per heavy atom. The summed E-state index contributed by atoms with van der Waals surface area (Å²) >= 11 is 0. The molecule has 0 aliphatic carbocycles. The summed E-state index contributed by atoms with van der Waals surface area (Å²) in [6, 6.07) is 0. The van der Waals surface area contributed by atoms with Crippen LogP contribution in [0.25, 0.3) is 0 Å². The van der Waals surface area contributed by atoms with Crippen LogP contribution in [0.3, 0.4) is 0 Å². The predicted molar refractivity (Wildman–Crippen MR) is 236 cm³/mol. The van der Waals surface area contributed by atoms with Gasteiger partial charge < -0.3 is 0 Å². The smallest absolute Gasteiger partial charge is 0 e. The number of hydrogen-bond acceptors (Lipinski definition) is 0. The summed E-state index contributed by atoms with van der Waals surface area (Å²) in [7, 11) is 0. The maximum Gasteiger partial charge on any atom is 0 e. The summed E-state index contributed by atoms with van der Waals surface area (Å²) in [4.78, 5) is 0. The van der Waals surface area contributed by atoms with Crippen LogP contribution in [-0.4, -0.2) is 0 Å². The Hall–Kier alpha value is -10.0. The Morgan fingerprint density at radius 2 is 0.0444 bits per heavy atom. The molecule has 0 bridgehead atoms. The largest absolute Gasteiger partial charge is 0.0776 e. The molecule has 0 fully saturated rings. The van der Waals surface area contributed by atoms with E-state index in [0.717, 1.165) is 0 Å². The van der Waals surface area contributed by atoms with Crippen molar-refractivity contribution in [3.05, 3.63) is 0 Å². The van der Waals surface area contributed by atoms with E-state index in [-0.39, 0.29) is 260 Å². The zero-order chi connectivity index (χ0) is 0. The van der Waals surface area contributed by atoms with E-state index in [1.165, 1.54) is 0 Å². The van der Waals surface area contributed by atoms with E-state index in [1.807, 2.05) is 0 Å². The molecule has 0 radical (unpaired) electrons. The molecule has 0 unspecified atom stereocenters. The van der Waals surface area contributed by atoms with Crippen molar-refractivity contribution in [3.63, 3.8) is 0 Å². The van der Waals surface area contributed by atoms with Crippen molar-refractivity contribution in [1.29, 1.82) is 0 Å². The minimum atomic E-state index is 0. The van der Waals surface area contributed by atoms with E-state index in [0.29, 0.717) is 0 Å². The number of hydrogen-bond donors (Lipinski definition) is 0. The minimum absolute atomic E-state index is 0. The molecule has 0 aliphatic rings. The van der Waals surface area contributed by atoms with E-state index in [1.54, 1.807) is 0 Å². The van der Waals surface area contributed by atoms with E-state index in [2.05, 4.69) is 0 Å². The molecule has 0 N–H and O–H groups in total. The van der Waals surface area contributed by atoms with Crippen LogP contribution in [0.2, 0.25) is 0 Å². The van der Waals surface area contributed by atoms with Gasteiger partial charge in [0.1, 0.15) is 0 Å². The molecule has 0 saturated carbocycles. The molecule has 0 heterocycles. The molecule has 0 atom stereocenters. The minimum Gasteiger partial charge on any atom is -0.0776 e. The molecule has 0 saturated heterocycles. The van der Waals surface area contributed by atoms with Gasteiger partial charge in [0.25, 0.3) is 0 Å². The Kier molecular flexibility index (Phi) is 3330. The van der Waals surface area contributed by atoms with Crippen molar-refractivity contribution in [2.75, 3.05) is 0 Å². The van der Waals surface area contributed by atoms with Crippen molar-refractivity contribution in [1.82, 2.24) is 0 Å². The van der Waals surface area contributed by atoms with Gasteiger partial charge in [-0.1, -0.05) is 260 Å². The Balaban J connectivity index is 0. The summed E-state index contributed by atoms with van der Waals surface area (Å²) in [5.41, 5.74) is 0.